The minimum atomic E-state index is -1.33. The summed E-state index contributed by atoms with van der Waals surface area (Å²) in [5.74, 6) is -1.66. The third-order valence-corrected chi connectivity index (χ3v) is 5.12. The zero-order chi connectivity index (χ0) is 17.0. The van der Waals surface area contributed by atoms with E-state index in [0.29, 0.717) is 11.3 Å². The van der Waals surface area contributed by atoms with Crippen molar-refractivity contribution < 1.29 is 19.1 Å². The van der Waals surface area contributed by atoms with Crippen molar-refractivity contribution in [3.63, 3.8) is 0 Å². The van der Waals surface area contributed by atoms with Crippen LogP contribution in [0.5, 0.6) is 0 Å². The molecule has 1 aliphatic heterocycles. The molecular formula is C15H13FNO3S3-. The Bertz CT molecular complexity index is 678. The second-order valence-electron chi connectivity index (χ2n) is 4.72. The Morgan fingerprint density at radius 1 is 1.57 bits per heavy atom. The smallest absolute Gasteiger partial charge is 0.266 e. The first-order valence-electron chi connectivity index (χ1n) is 6.66. The fraction of sp³-hybridized carbons (Fsp3) is 0.267. The molecule has 0 aliphatic carbocycles. The third-order valence-electron chi connectivity index (χ3n) is 3.15. The number of thioether (sulfide) groups is 2. The predicted octanol–water partition coefficient (Wildman–Crippen LogP) is 1.90. The third kappa shape index (κ3) is 4.33. The van der Waals surface area contributed by atoms with Crippen molar-refractivity contribution in [2.45, 2.75) is 12.5 Å². The number of carbonyl (C=O) groups is 2. The number of carboxylic acid groups (broad SMARTS) is 1. The number of thiocarbonyl (C=S) groups is 1. The Morgan fingerprint density at radius 2 is 2.30 bits per heavy atom. The van der Waals surface area contributed by atoms with E-state index in [1.165, 1.54) is 36.0 Å². The summed E-state index contributed by atoms with van der Waals surface area (Å²) < 4.78 is 13.4. The lowest BCUT2D eigenvalue weighted by molar-refractivity contribution is -0.310. The summed E-state index contributed by atoms with van der Waals surface area (Å²) in [7, 11) is 0. The van der Waals surface area contributed by atoms with Crippen molar-refractivity contribution in [2.24, 2.45) is 0 Å². The van der Waals surface area contributed by atoms with Gasteiger partial charge in [0.25, 0.3) is 5.91 Å². The van der Waals surface area contributed by atoms with Crippen LogP contribution in [-0.2, 0) is 9.59 Å². The number of hydrogen-bond donors (Lipinski definition) is 0. The molecule has 8 heteroatoms. The summed E-state index contributed by atoms with van der Waals surface area (Å²) in [5.41, 5.74) is 0.514. The number of hydrogen-bond acceptors (Lipinski definition) is 6. The zero-order valence-corrected chi connectivity index (χ0v) is 14.6. The first-order valence-corrected chi connectivity index (χ1v) is 9.28. The summed E-state index contributed by atoms with van der Waals surface area (Å²) in [4.78, 5) is 25.2. The molecule has 0 N–H and O–H groups in total. The lowest BCUT2D eigenvalue weighted by Crippen LogP contribution is -2.50. The van der Waals surface area contributed by atoms with Crippen LogP contribution < -0.4 is 5.11 Å². The molecule has 1 aromatic rings. The number of carboxylic acids is 1. The van der Waals surface area contributed by atoms with Gasteiger partial charge in [-0.3, -0.25) is 9.69 Å². The Morgan fingerprint density at radius 3 is 2.91 bits per heavy atom. The van der Waals surface area contributed by atoms with Gasteiger partial charge in [0.1, 0.15) is 10.1 Å². The van der Waals surface area contributed by atoms with E-state index in [-0.39, 0.29) is 15.6 Å². The van der Waals surface area contributed by atoms with Crippen molar-refractivity contribution in [3.8, 4) is 0 Å². The van der Waals surface area contributed by atoms with Gasteiger partial charge < -0.3 is 9.90 Å². The van der Waals surface area contributed by atoms with Gasteiger partial charge in [-0.1, -0.05) is 36.1 Å². The molecule has 1 fully saturated rings. The molecule has 0 radical (unpaired) electrons. The van der Waals surface area contributed by atoms with E-state index in [9.17, 15) is 19.1 Å². The summed E-state index contributed by atoms with van der Waals surface area (Å²) in [6.07, 6.45) is 3.60. The molecule has 1 saturated heterocycles. The maximum absolute atomic E-state index is 13.2. The maximum Gasteiger partial charge on any atom is 0.266 e. The molecule has 122 valence electrons. The summed E-state index contributed by atoms with van der Waals surface area (Å²) in [6.45, 7) is 0. The molecule has 0 saturated carbocycles. The van der Waals surface area contributed by atoms with Crippen LogP contribution >= 0.6 is 35.7 Å². The van der Waals surface area contributed by atoms with Gasteiger partial charge in [-0.15, -0.1) is 0 Å². The first kappa shape index (κ1) is 18.0. The van der Waals surface area contributed by atoms with E-state index in [0.717, 1.165) is 16.7 Å². The van der Waals surface area contributed by atoms with E-state index in [2.05, 4.69) is 0 Å². The fourth-order valence-electron chi connectivity index (χ4n) is 2.08. The number of nitrogens with zero attached hydrogens (tertiary/aromatic N) is 1. The zero-order valence-electron chi connectivity index (χ0n) is 12.2. The SMILES string of the molecule is CSCC[C@@H](C(=O)[O-])N1C(=O)/C(=C/c2cccc(F)c2)SC1=S. The molecule has 0 bridgehead atoms. The number of aliphatic carboxylic acids is 1. The standard InChI is InChI=1S/C15H14FNO3S3/c1-22-6-5-11(14(19)20)17-13(18)12(23-15(17)21)8-9-3-2-4-10(16)7-9/h2-4,7-8,11H,5-6H2,1H3,(H,19,20)/p-1/b12-8-/t11-/m0/s1. The van der Waals surface area contributed by atoms with Crippen LogP contribution in [0.3, 0.4) is 0 Å². The molecule has 23 heavy (non-hydrogen) atoms. The Kier molecular flexibility index (Phi) is 6.20. The normalized spacial score (nSPS) is 17.8. The average molecular weight is 370 g/mol. The number of carbonyl (C=O) groups excluding carboxylic acids is 2. The van der Waals surface area contributed by atoms with Crippen molar-refractivity contribution in [1.29, 1.82) is 0 Å². The lowest BCUT2D eigenvalue weighted by Gasteiger charge is -2.27. The highest BCUT2D eigenvalue weighted by Gasteiger charge is 2.37. The van der Waals surface area contributed by atoms with Crippen LogP contribution in [0.15, 0.2) is 29.2 Å². The van der Waals surface area contributed by atoms with Gasteiger partial charge in [0, 0.05) is 0 Å². The van der Waals surface area contributed by atoms with Gasteiger partial charge in [0.2, 0.25) is 0 Å². The highest BCUT2D eigenvalue weighted by molar-refractivity contribution is 8.26. The molecular weight excluding hydrogens is 357 g/mol. The van der Waals surface area contributed by atoms with E-state index in [1.54, 1.807) is 6.07 Å². The number of rotatable bonds is 6. The largest absolute Gasteiger partial charge is 0.548 e. The monoisotopic (exact) mass is 370 g/mol. The highest BCUT2D eigenvalue weighted by Crippen LogP contribution is 2.34. The number of halogens is 1. The fourth-order valence-corrected chi connectivity index (χ4v) is 3.89. The molecule has 0 spiro atoms. The average Bonchev–Trinajstić information content (AvgIpc) is 2.75. The van der Waals surface area contributed by atoms with E-state index < -0.39 is 23.7 Å². The molecule has 4 nitrogen and oxygen atoms in total. The highest BCUT2D eigenvalue weighted by atomic mass is 32.2. The lowest BCUT2D eigenvalue weighted by atomic mass is 10.1. The molecule has 0 unspecified atom stereocenters. The Hall–Kier alpha value is -1.38. The van der Waals surface area contributed by atoms with Crippen LogP contribution in [0, 0.1) is 5.82 Å². The van der Waals surface area contributed by atoms with Crippen LogP contribution in [0.25, 0.3) is 6.08 Å². The van der Waals surface area contributed by atoms with Gasteiger partial charge in [0.15, 0.2) is 0 Å². The molecule has 1 atom stereocenters. The first-order chi connectivity index (χ1) is 10.9. The topological polar surface area (TPSA) is 60.4 Å². The van der Waals surface area contributed by atoms with E-state index in [4.69, 9.17) is 12.2 Å². The minimum absolute atomic E-state index is 0.174. The van der Waals surface area contributed by atoms with Crippen molar-refractivity contribution in [2.75, 3.05) is 12.0 Å². The summed E-state index contributed by atoms with van der Waals surface area (Å²) in [6, 6.07) is 4.69. The summed E-state index contributed by atoms with van der Waals surface area (Å²) in [5, 5.41) is 11.3. The Balaban J connectivity index is 2.26. The second kappa shape index (κ2) is 7.94. The Labute approximate surface area is 147 Å². The second-order valence-corrected chi connectivity index (χ2v) is 7.38. The number of amides is 1. The van der Waals surface area contributed by atoms with Gasteiger partial charge in [0.05, 0.1) is 16.9 Å². The number of benzene rings is 1. The quantitative estimate of drug-likeness (QED) is 0.563. The molecule has 1 amide bonds. The van der Waals surface area contributed by atoms with Gasteiger partial charge >= 0.3 is 0 Å². The van der Waals surface area contributed by atoms with Crippen LogP contribution in [-0.4, -0.2) is 39.1 Å². The van der Waals surface area contributed by atoms with Crippen molar-refractivity contribution >= 4 is 58.0 Å². The molecule has 1 aliphatic rings. The van der Waals surface area contributed by atoms with Crippen LogP contribution in [0.2, 0.25) is 0 Å². The van der Waals surface area contributed by atoms with Gasteiger partial charge in [-0.05, 0) is 42.2 Å². The molecule has 2 rings (SSSR count). The van der Waals surface area contributed by atoms with Crippen LogP contribution in [0.4, 0.5) is 4.39 Å². The maximum atomic E-state index is 13.2. The minimum Gasteiger partial charge on any atom is -0.548 e. The van der Waals surface area contributed by atoms with E-state index >= 15 is 0 Å². The van der Waals surface area contributed by atoms with Gasteiger partial charge in [-0.2, -0.15) is 11.8 Å². The molecule has 1 heterocycles. The van der Waals surface area contributed by atoms with Crippen molar-refractivity contribution in [1.82, 2.24) is 4.90 Å². The van der Waals surface area contributed by atoms with E-state index in [1.807, 2.05) is 6.26 Å². The van der Waals surface area contributed by atoms with Gasteiger partial charge in [-0.25, -0.2) is 4.39 Å². The summed E-state index contributed by atoms with van der Waals surface area (Å²) >= 11 is 7.63. The van der Waals surface area contributed by atoms with Crippen molar-refractivity contribution in [3.05, 3.63) is 40.6 Å². The predicted molar refractivity (Wildman–Crippen MR) is 93.2 cm³/mol. The van der Waals surface area contributed by atoms with Crippen LogP contribution in [0.1, 0.15) is 12.0 Å². The molecule has 0 aromatic heterocycles. The molecule has 1 aromatic carbocycles.